The summed E-state index contributed by atoms with van der Waals surface area (Å²) in [4.78, 5) is 9.90. The number of aliphatic hydroxyl groups excluding tert-OH is 5. The van der Waals surface area contributed by atoms with Crippen molar-refractivity contribution in [2.24, 2.45) is 0 Å². The summed E-state index contributed by atoms with van der Waals surface area (Å²) in [6, 6.07) is 0. The van der Waals surface area contributed by atoms with Gasteiger partial charge in [-0.15, -0.1) is 0 Å². The Morgan fingerprint density at radius 1 is 1.08 bits per heavy atom. The Morgan fingerprint density at radius 3 is 1.92 bits per heavy atom. The summed E-state index contributed by atoms with van der Waals surface area (Å²) in [5, 5.41) is 43.5. The molecule has 0 amide bonds. The van der Waals surface area contributed by atoms with Crippen molar-refractivity contribution in [1.82, 2.24) is 0 Å². The molecule has 6 heteroatoms. The Morgan fingerprint density at radius 2 is 1.58 bits per heavy atom. The van der Waals surface area contributed by atoms with E-state index >= 15 is 0 Å². The summed E-state index contributed by atoms with van der Waals surface area (Å²) in [6.07, 6.45) is -6.84. The Hall–Kier alpha value is -0.530. The van der Waals surface area contributed by atoms with Gasteiger partial charge in [-0.2, -0.15) is 0 Å². The van der Waals surface area contributed by atoms with E-state index in [0.717, 1.165) is 0 Å². The molecule has 0 aliphatic rings. The van der Waals surface area contributed by atoms with Crippen LogP contribution in [0, 0.1) is 0 Å². The van der Waals surface area contributed by atoms with Gasteiger partial charge in [0.05, 0.1) is 6.61 Å². The summed E-state index contributed by atoms with van der Waals surface area (Å²) < 4.78 is 0. The van der Waals surface area contributed by atoms with Gasteiger partial charge in [-0.25, -0.2) is 0 Å². The van der Waals surface area contributed by atoms with E-state index in [4.69, 9.17) is 25.5 Å². The molecule has 0 spiro atoms. The third-order valence-corrected chi connectivity index (χ3v) is 1.42. The first-order valence-electron chi connectivity index (χ1n) is 3.33. The van der Waals surface area contributed by atoms with Crippen LogP contribution < -0.4 is 0 Å². The topological polar surface area (TPSA) is 118 Å². The second-order valence-corrected chi connectivity index (χ2v) is 2.36. The molecule has 0 aromatic heterocycles. The highest BCUT2D eigenvalue weighted by molar-refractivity contribution is 5.56. The van der Waals surface area contributed by atoms with E-state index in [0.29, 0.717) is 0 Å². The minimum atomic E-state index is -1.79. The van der Waals surface area contributed by atoms with Crippen LogP contribution in [0.15, 0.2) is 0 Å². The lowest BCUT2D eigenvalue weighted by Crippen LogP contribution is -2.46. The fourth-order valence-electron chi connectivity index (χ4n) is 0.618. The van der Waals surface area contributed by atoms with Crippen LogP contribution in [-0.4, -0.2) is 62.8 Å². The Balaban J connectivity index is 4.07. The van der Waals surface area contributed by atoms with Crippen LogP contribution >= 0.6 is 0 Å². The van der Waals surface area contributed by atoms with Gasteiger partial charge < -0.3 is 30.3 Å². The molecule has 0 aromatic carbocycles. The minimum Gasteiger partial charge on any atom is -0.394 e. The van der Waals surface area contributed by atoms with Crippen molar-refractivity contribution in [1.29, 1.82) is 0 Å². The molecule has 0 aromatic rings. The van der Waals surface area contributed by atoms with Gasteiger partial charge in [-0.1, -0.05) is 0 Å². The van der Waals surface area contributed by atoms with Gasteiger partial charge in [0.15, 0.2) is 6.29 Å². The highest BCUT2D eigenvalue weighted by Gasteiger charge is 2.29. The van der Waals surface area contributed by atoms with E-state index in [1.807, 2.05) is 0 Å². The van der Waals surface area contributed by atoms with E-state index in [2.05, 4.69) is 0 Å². The number of hydrogen-bond donors (Lipinski definition) is 5. The van der Waals surface area contributed by atoms with Crippen LogP contribution in [0.3, 0.4) is 0 Å². The van der Waals surface area contributed by atoms with Gasteiger partial charge >= 0.3 is 0 Å². The molecule has 6 nitrogen and oxygen atoms in total. The molecule has 0 bridgehead atoms. The van der Waals surface area contributed by atoms with Crippen LogP contribution in [0.25, 0.3) is 0 Å². The first-order valence-corrected chi connectivity index (χ1v) is 3.33. The van der Waals surface area contributed by atoms with Gasteiger partial charge in [-0.05, 0) is 0 Å². The molecule has 0 saturated carbocycles. The molecule has 0 heterocycles. The summed E-state index contributed by atoms with van der Waals surface area (Å²) in [6.45, 7) is -0.760. The van der Waals surface area contributed by atoms with Gasteiger partial charge in [0.2, 0.25) is 0 Å². The zero-order chi connectivity index (χ0) is 9.72. The maximum atomic E-state index is 9.90. The second kappa shape index (κ2) is 5.18. The Kier molecular flexibility index (Phi) is 4.95. The molecule has 0 fully saturated rings. The third-order valence-electron chi connectivity index (χ3n) is 1.42. The summed E-state index contributed by atoms with van der Waals surface area (Å²) >= 11 is 0. The largest absolute Gasteiger partial charge is 0.394 e. The molecule has 0 unspecified atom stereocenters. The fraction of sp³-hybridized carbons (Fsp3) is 0.833. The number of carbonyl (C=O) groups excluding carboxylic acids is 1. The number of rotatable bonds is 5. The molecule has 4 atom stereocenters. The molecule has 72 valence electrons. The second-order valence-electron chi connectivity index (χ2n) is 2.36. The molecular weight excluding hydrogens is 170 g/mol. The number of aldehydes is 1. The van der Waals surface area contributed by atoms with E-state index in [9.17, 15) is 4.79 Å². The lowest BCUT2D eigenvalue weighted by molar-refractivity contribution is -0.136. The Labute approximate surface area is 68.7 Å². The van der Waals surface area contributed by atoms with Crippen LogP contribution in [0.4, 0.5) is 0 Å². The van der Waals surface area contributed by atoms with E-state index in [-0.39, 0.29) is 6.29 Å². The van der Waals surface area contributed by atoms with Gasteiger partial charge in [0, 0.05) is 0 Å². The Bertz CT molecular complexity index is 138. The molecule has 0 radical (unpaired) electrons. The first kappa shape index (κ1) is 11.5. The van der Waals surface area contributed by atoms with Crippen molar-refractivity contribution < 1.29 is 30.3 Å². The van der Waals surface area contributed by atoms with E-state index < -0.39 is 31.0 Å². The minimum absolute atomic E-state index is 0.0258. The maximum absolute atomic E-state index is 9.90. The normalized spacial score (nSPS) is 21.1. The predicted molar refractivity (Wildman–Crippen MR) is 37.2 cm³/mol. The highest BCUT2D eigenvalue weighted by atomic mass is 16.5. The maximum Gasteiger partial charge on any atom is 0.151 e. The summed E-state index contributed by atoms with van der Waals surface area (Å²) in [5.41, 5.74) is 0. The lowest BCUT2D eigenvalue weighted by Gasteiger charge is -2.22. The summed E-state index contributed by atoms with van der Waals surface area (Å²) in [7, 11) is 0. The zero-order valence-electron chi connectivity index (χ0n) is 6.24. The highest BCUT2D eigenvalue weighted by Crippen LogP contribution is 2.02. The third kappa shape index (κ3) is 2.84. The van der Waals surface area contributed by atoms with Crippen LogP contribution in [0.5, 0.6) is 0 Å². The van der Waals surface area contributed by atoms with Gasteiger partial charge in [-0.3, -0.25) is 0 Å². The average molecular weight is 182 g/mol. The van der Waals surface area contributed by atoms with Crippen LogP contribution in [0.1, 0.15) is 0 Å². The van der Waals surface area contributed by atoms with Gasteiger partial charge in [0.25, 0.3) is 0 Å². The molecule has 0 saturated heterocycles. The smallest absolute Gasteiger partial charge is 0.151 e. The van der Waals surface area contributed by atoms with Crippen molar-refractivity contribution >= 4 is 6.29 Å². The summed E-state index contributed by atoms with van der Waals surface area (Å²) in [5.74, 6) is 0. The van der Waals surface area contributed by atoms with Crippen LogP contribution in [-0.2, 0) is 4.79 Å². The molecule has 12 heavy (non-hydrogen) atoms. The number of hydrogen-bond acceptors (Lipinski definition) is 6. The lowest BCUT2D eigenvalue weighted by atomic mass is 10.3. The number of aliphatic hydroxyl groups is 5. The molecule has 0 rings (SSSR count). The van der Waals surface area contributed by atoms with E-state index in [1.165, 1.54) is 0 Å². The zero-order valence-corrected chi connectivity index (χ0v) is 6.24. The van der Waals surface area contributed by atoms with Crippen molar-refractivity contribution in [3.63, 3.8) is 0 Å². The van der Waals surface area contributed by atoms with Crippen molar-refractivity contribution in [3.05, 3.63) is 0 Å². The molecular formula is C6H12O6. The van der Waals surface area contributed by atoms with Crippen molar-refractivity contribution in [3.8, 4) is 0 Å². The molecule has 0 aliphatic carbocycles. The average Bonchev–Trinajstić information content (AvgIpc) is 2.12. The fourth-order valence-corrected chi connectivity index (χ4v) is 0.618. The predicted octanol–water partition coefficient (Wildman–Crippen LogP) is -3.38. The van der Waals surface area contributed by atoms with E-state index in [1.54, 1.807) is 0 Å². The quantitative estimate of drug-likeness (QED) is 0.223. The van der Waals surface area contributed by atoms with Gasteiger partial charge in [0.1, 0.15) is 24.4 Å². The monoisotopic (exact) mass is 182 g/mol. The first-order chi connectivity index (χ1) is 5.54. The SMILES string of the molecule is O=C[13C@H](O)[C@@H](O)[C@H](O)[13C@H](O)CO. The number of carbonyl (C=O) groups is 1. The molecule has 0 aliphatic heterocycles. The van der Waals surface area contributed by atoms with Crippen molar-refractivity contribution in [2.75, 3.05) is 6.61 Å². The standard InChI is InChI=1S/C6H12O6/c7-1-3(9)5(11)6(12)4(10)2-8/h1,3-6,8-12H,2H2/t3-,4+,5+,6+/m0/s1/i3+1,4+1. The molecule has 5 N–H and O–H groups in total. The van der Waals surface area contributed by atoms with Crippen molar-refractivity contribution in [2.45, 2.75) is 24.4 Å². The van der Waals surface area contributed by atoms with Crippen LogP contribution in [0.2, 0.25) is 0 Å².